The second-order valence-corrected chi connectivity index (χ2v) is 6.40. The zero-order valence-corrected chi connectivity index (χ0v) is 12.4. The summed E-state index contributed by atoms with van der Waals surface area (Å²) in [7, 11) is 0. The highest BCUT2D eigenvalue weighted by molar-refractivity contribution is 5.76. The Bertz CT molecular complexity index is 384. The normalized spacial score (nSPS) is 25.8. The van der Waals surface area contributed by atoms with Crippen LogP contribution in [0, 0.1) is 5.41 Å². The Hall–Kier alpha value is -1.30. The Balaban J connectivity index is 1.73. The van der Waals surface area contributed by atoms with Crippen LogP contribution in [0.25, 0.3) is 0 Å². The summed E-state index contributed by atoms with van der Waals surface area (Å²) < 4.78 is 4.86. The molecule has 2 N–H and O–H groups in total. The van der Waals surface area contributed by atoms with Crippen LogP contribution in [-0.2, 0) is 9.53 Å². The number of hydrogen-bond donors (Lipinski definition) is 1. The van der Waals surface area contributed by atoms with E-state index < -0.39 is 0 Å². The van der Waals surface area contributed by atoms with Gasteiger partial charge in [-0.05, 0) is 18.3 Å². The molecule has 2 amide bonds. The van der Waals surface area contributed by atoms with Crippen LogP contribution in [0.4, 0.5) is 4.79 Å². The number of likely N-dealkylation sites (tertiary alicyclic amines) is 1. The minimum absolute atomic E-state index is 0.0212. The maximum absolute atomic E-state index is 12.2. The number of rotatable bonds is 4. The molecule has 0 radical (unpaired) electrons. The number of hydrogen-bond acceptors (Lipinski definition) is 4. The second-order valence-electron chi connectivity index (χ2n) is 6.40. The highest BCUT2D eigenvalue weighted by atomic mass is 16.6. The Labute approximate surface area is 120 Å². The Morgan fingerprint density at radius 1 is 1.45 bits per heavy atom. The van der Waals surface area contributed by atoms with E-state index in [0.717, 1.165) is 19.5 Å². The van der Waals surface area contributed by atoms with E-state index in [1.54, 1.807) is 4.90 Å². The lowest BCUT2D eigenvalue weighted by atomic mass is 9.79. The van der Waals surface area contributed by atoms with Gasteiger partial charge in [-0.25, -0.2) is 4.79 Å². The molecule has 2 rings (SSSR count). The van der Waals surface area contributed by atoms with Crippen molar-refractivity contribution < 1.29 is 14.3 Å². The second kappa shape index (κ2) is 5.99. The number of carbonyl (C=O) groups excluding carboxylic acids is 2. The van der Waals surface area contributed by atoms with Gasteiger partial charge in [-0.3, -0.25) is 4.79 Å². The molecule has 2 aliphatic heterocycles. The van der Waals surface area contributed by atoms with E-state index in [1.165, 1.54) is 0 Å². The minimum Gasteiger partial charge on any atom is -0.448 e. The van der Waals surface area contributed by atoms with Crippen molar-refractivity contribution in [3.63, 3.8) is 0 Å². The van der Waals surface area contributed by atoms with Crippen LogP contribution in [0.1, 0.15) is 33.1 Å². The molecule has 2 heterocycles. The zero-order chi connectivity index (χ0) is 14.8. The summed E-state index contributed by atoms with van der Waals surface area (Å²) in [5, 5.41) is 0. The van der Waals surface area contributed by atoms with Gasteiger partial charge in [0.15, 0.2) is 0 Å². The Morgan fingerprint density at radius 2 is 2.20 bits per heavy atom. The van der Waals surface area contributed by atoms with Crippen LogP contribution in [0.2, 0.25) is 0 Å². The number of nitrogens with zero attached hydrogens (tertiary/aromatic N) is 2. The average Bonchev–Trinajstić information content (AvgIpc) is 2.78. The molecular formula is C14H25N3O3. The van der Waals surface area contributed by atoms with Crippen LogP contribution >= 0.6 is 0 Å². The van der Waals surface area contributed by atoms with Gasteiger partial charge >= 0.3 is 6.09 Å². The van der Waals surface area contributed by atoms with Crippen molar-refractivity contribution in [1.29, 1.82) is 0 Å². The fraction of sp³-hybridized carbons (Fsp3) is 0.857. The van der Waals surface area contributed by atoms with E-state index in [0.29, 0.717) is 32.5 Å². The molecule has 0 aromatic carbocycles. The van der Waals surface area contributed by atoms with Crippen molar-refractivity contribution in [2.75, 3.05) is 32.8 Å². The van der Waals surface area contributed by atoms with Crippen molar-refractivity contribution in [2.45, 2.75) is 39.2 Å². The summed E-state index contributed by atoms with van der Waals surface area (Å²) >= 11 is 0. The van der Waals surface area contributed by atoms with Crippen LogP contribution in [0.3, 0.4) is 0 Å². The van der Waals surface area contributed by atoms with E-state index in [-0.39, 0.29) is 23.5 Å². The van der Waals surface area contributed by atoms with Crippen molar-refractivity contribution >= 4 is 12.0 Å². The van der Waals surface area contributed by atoms with Gasteiger partial charge in [0.2, 0.25) is 5.91 Å². The Kier molecular flexibility index (Phi) is 4.52. The molecule has 0 saturated carbocycles. The Morgan fingerprint density at radius 3 is 2.80 bits per heavy atom. The van der Waals surface area contributed by atoms with E-state index >= 15 is 0 Å². The number of amides is 2. The van der Waals surface area contributed by atoms with Crippen molar-refractivity contribution in [2.24, 2.45) is 11.1 Å². The summed E-state index contributed by atoms with van der Waals surface area (Å²) in [6, 6.07) is 0.158. The molecule has 0 spiro atoms. The minimum atomic E-state index is -0.262. The first-order valence-electron chi connectivity index (χ1n) is 7.35. The number of carbonyl (C=O) groups is 2. The van der Waals surface area contributed by atoms with Gasteiger partial charge in [0, 0.05) is 32.1 Å². The highest BCUT2D eigenvalue weighted by Gasteiger charge is 2.35. The van der Waals surface area contributed by atoms with Crippen LogP contribution in [0.5, 0.6) is 0 Å². The summed E-state index contributed by atoms with van der Waals surface area (Å²) in [5.74, 6) is 0.164. The maximum atomic E-state index is 12.2. The van der Waals surface area contributed by atoms with Crippen molar-refractivity contribution in [1.82, 2.24) is 9.80 Å². The molecule has 0 aliphatic carbocycles. The molecule has 114 valence electrons. The monoisotopic (exact) mass is 283 g/mol. The van der Waals surface area contributed by atoms with Gasteiger partial charge < -0.3 is 20.3 Å². The molecule has 2 aliphatic rings. The van der Waals surface area contributed by atoms with Crippen LogP contribution in [-0.4, -0.2) is 60.6 Å². The fourth-order valence-electron chi connectivity index (χ4n) is 2.79. The lowest BCUT2D eigenvalue weighted by molar-refractivity contribution is -0.134. The van der Waals surface area contributed by atoms with Gasteiger partial charge in [0.05, 0.1) is 6.54 Å². The molecule has 6 heteroatoms. The summed E-state index contributed by atoms with van der Waals surface area (Å²) in [4.78, 5) is 27.0. The molecule has 2 fully saturated rings. The number of nitrogens with two attached hydrogens (primary N) is 1. The predicted molar refractivity (Wildman–Crippen MR) is 75.1 cm³/mol. The molecule has 0 bridgehead atoms. The average molecular weight is 283 g/mol. The lowest BCUT2D eigenvalue weighted by Gasteiger charge is -2.42. The standard InChI is InChI=1S/C14H25N3O3/c1-14(2)10-17(7-5-11(14)15)12(18)4-3-6-16-8-9-20-13(16)19/h11H,3-10,15H2,1-2H3. The highest BCUT2D eigenvalue weighted by Crippen LogP contribution is 2.28. The van der Waals surface area contributed by atoms with Crippen LogP contribution < -0.4 is 5.73 Å². The molecule has 0 aromatic rings. The summed E-state index contributed by atoms with van der Waals surface area (Å²) in [6.45, 7) is 7.38. The quantitative estimate of drug-likeness (QED) is 0.828. The van der Waals surface area contributed by atoms with Gasteiger partial charge in [-0.1, -0.05) is 13.8 Å². The molecule has 1 unspecified atom stereocenters. The third-order valence-corrected chi connectivity index (χ3v) is 4.33. The zero-order valence-electron chi connectivity index (χ0n) is 12.4. The molecule has 0 aromatic heterocycles. The summed E-state index contributed by atoms with van der Waals surface area (Å²) in [6.07, 6.45) is 1.77. The number of ether oxygens (including phenoxy) is 1. The fourth-order valence-corrected chi connectivity index (χ4v) is 2.79. The molecule has 2 saturated heterocycles. The molecule has 6 nitrogen and oxygen atoms in total. The first-order chi connectivity index (χ1) is 9.40. The molecule has 1 atom stereocenters. The molecule has 20 heavy (non-hydrogen) atoms. The molecular weight excluding hydrogens is 258 g/mol. The van der Waals surface area contributed by atoms with E-state index in [4.69, 9.17) is 10.5 Å². The van der Waals surface area contributed by atoms with Gasteiger partial charge in [0.25, 0.3) is 0 Å². The van der Waals surface area contributed by atoms with Gasteiger partial charge in [-0.2, -0.15) is 0 Å². The SMILES string of the molecule is CC1(C)CN(C(=O)CCCN2CCOC2=O)CCC1N. The predicted octanol–water partition coefficient (Wildman–Crippen LogP) is 0.805. The van der Waals surface area contributed by atoms with Crippen molar-refractivity contribution in [3.8, 4) is 0 Å². The van der Waals surface area contributed by atoms with Gasteiger partial charge in [0.1, 0.15) is 6.61 Å². The number of cyclic esters (lactones) is 1. The van der Waals surface area contributed by atoms with Crippen molar-refractivity contribution in [3.05, 3.63) is 0 Å². The largest absolute Gasteiger partial charge is 0.448 e. The maximum Gasteiger partial charge on any atom is 0.409 e. The van der Waals surface area contributed by atoms with Crippen LogP contribution in [0.15, 0.2) is 0 Å². The lowest BCUT2D eigenvalue weighted by Crippen LogP contribution is -2.54. The third kappa shape index (κ3) is 3.42. The number of piperidine rings is 1. The van der Waals surface area contributed by atoms with E-state index in [2.05, 4.69) is 13.8 Å². The first-order valence-corrected chi connectivity index (χ1v) is 7.35. The third-order valence-electron chi connectivity index (χ3n) is 4.33. The summed E-state index contributed by atoms with van der Waals surface area (Å²) in [5.41, 5.74) is 6.06. The van der Waals surface area contributed by atoms with Gasteiger partial charge in [-0.15, -0.1) is 0 Å². The van der Waals surface area contributed by atoms with E-state index in [9.17, 15) is 9.59 Å². The van der Waals surface area contributed by atoms with E-state index in [1.807, 2.05) is 4.90 Å². The first kappa shape index (κ1) is 15.1. The topological polar surface area (TPSA) is 75.9 Å². The smallest absolute Gasteiger partial charge is 0.409 e.